The number of hydrogen-bond donors (Lipinski definition) is 1. The van der Waals surface area contributed by atoms with Gasteiger partial charge in [-0.25, -0.2) is 9.97 Å². The largest absolute Gasteiger partial charge is 0.497 e. The van der Waals surface area contributed by atoms with Crippen LogP contribution in [0.3, 0.4) is 0 Å². The fraction of sp³-hybridized carbons (Fsp3) is 0.450. The first-order valence-electron chi connectivity index (χ1n) is 9.36. The predicted octanol–water partition coefficient (Wildman–Crippen LogP) is 3.60. The molecule has 1 saturated heterocycles. The summed E-state index contributed by atoms with van der Waals surface area (Å²) in [6.45, 7) is 2.83. The molecule has 1 aromatic carbocycles. The Morgan fingerprint density at radius 2 is 1.86 bits per heavy atom. The molecular formula is C20H23F3N4O2. The lowest BCUT2D eigenvalue weighted by atomic mass is 9.95. The summed E-state index contributed by atoms with van der Waals surface area (Å²) in [5.41, 5.74) is 0.00735. The van der Waals surface area contributed by atoms with Crippen LogP contribution in [-0.4, -0.2) is 36.1 Å². The van der Waals surface area contributed by atoms with Gasteiger partial charge in [0.1, 0.15) is 23.6 Å². The Labute approximate surface area is 167 Å². The molecule has 1 N–H and O–H groups in total. The lowest BCUT2D eigenvalue weighted by Crippen LogP contribution is -2.41. The van der Waals surface area contributed by atoms with Gasteiger partial charge < -0.3 is 15.0 Å². The third kappa shape index (κ3) is 5.16. The number of rotatable bonds is 5. The highest BCUT2D eigenvalue weighted by atomic mass is 19.4. The Morgan fingerprint density at radius 1 is 1.21 bits per heavy atom. The minimum Gasteiger partial charge on any atom is -0.497 e. The number of carbonyl (C=O) groups excluding carboxylic acids is 1. The number of methoxy groups -OCH3 is 1. The van der Waals surface area contributed by atoms with Crippen molar-refractivity contribution in [1.82, 2.24) is 15.3 Å². The molecule has 156 valence electrons. The molecule has 1 aromatic heterocycles. The molecule has 0 bridgehead atoms. The maximum atomic E-state index is 12.8. The summed E-state index contributed by atoms with van der Waals surface area (Å²) in [4.78, 5) is 21.6. The van der Waals surface area contributed by atoms with Crippen LogP contribution in [0.4, 0.5) is 19.0 Å². The van der Waals surface area contributed by atoms with E-state index in [4.69, 9.17) is 4.74 Å². The summed E-state index contributed by atoms with van der Waals surface area (Å²) in [7, 11) is 1.60. The van der Waals surface area contributed by atoms with Crippen molar-refractivity contribution in [1.29, 1.82) is 0 Å². The van der Waals surface area contributed by atoms with Crippen LogP contribution in [-0.2, 0) is 11.0 Å². The quantitative estimate of drug-likeness (QED) is 0.819. The normalized spacial score (nSPS) is 16.4. The van der Waals surface area contributed by atoms with E-state index in [1.54, 1.807) is 12.0 Å². The zero-order valence-corrected chi connectivity index (χ0v) is 16.2. The van der Waals surface area contributed by atoms with Crippen molar-refractivity contribution in [2.24, 2.45) is 5.92 Å². The summed E-state index contributed by atoms with van der Waals surface area (Å²) in [6, 6.07) is 8.29. The highest BCUT2D eigenvalue weighted by Crippen LogP contribution is 2.30. The number of nitrogens with zero attached hydrogens (tertiary/aromatic N) is 3. The van der Waals surface area contributed by atoms with Crippen molar-refractivity contribution in [3.63, 3.8) is 0 Å². The molecule has 0 spiro atoms. The van der Waals surface area contributed by atoms with Crippen LogP contribution in [0, 0.1) is 5.92 Å². The van der Waals surface area contributed by atoms with Gasteiger partial charge in [0.25, 0.3) is 0 Å². The first kappa shape index (κ1) is 20.9. The van der Waals surface area contributed by atoms with E-state index in [1.807, 2.05) is 31.2 Å². The average molecular weight is 408 g/mol. The van der Waals surface area contributed by atoms with Crippen molar-refractivity contribution >= 4 is 11.7 Å². The van der Waals surface area contributed by atoms with E-state index in [1.165, 1.54) is 0 Å². The van der Waals surface area contributed by atoms with Gasteiger partial charge in [-0.15, -0.1) is 0 Å². The molecule has 2 heterocycles. The maximum absolute atomic E-state index is 12.8. The van der Waals surface area contributed by atoms with Crippen molar-refractivity contribution in [3.05, 3.63) is 47.9 Å². The number of carbonyl (C=O) groups is 1. The topological polar surface area (TPSA) is 67.3 Å². The third-order valence-corrected chi connectivity index (χ3v) is 5.11. The smallest absolute Gasteiger partial charge is 0.433 e. The van der Waals surface area contributed by atoms with E-state index in [9.17, 15) is 18.0 Å². The Morgan fingerprint density at radius 3 is 2.45 bits per heavy atom. The van der Waals surface area contributed by atoms with Crippen LogP contribution in [0.1, 0.15) is 37.1 Å². The molecule has 0 saturated carbocycles. The van der Waals surface area contributed by atoms with Gasteiger partial charge in [0.2, 0.25) is 5.91 Å². The summed E-state index contributed by atoms with van der Waals surface area (Å²) in [6.07, 6.45) is -2.49. The number of benzene rings is 1. The number of ether oxygens (including phenoxy) is 1. The number of amides is 1. The van der Waals surface area contributed by atoms with E-state index >= 15 is 0 Å². The number of anilines is 1. The van der Waals surface area contributed by atoms with Gasteiger partial charge in [-0.3, -0.25) is 4.79 Å². The third-order valence-electron chi connectivity index (χ3n) is 5.11. The van der Waals surface area contributed by atoms with E-state index in [0.717, 1.165) is 23.7 Å². The molecule has 1 atom stereocenters. The molecule has 0 radical (unpaired) electrons. The fourth-order valence-corrected chi connectivity index (χ4v) is 3.35. The van der Waals surface area contributed by atoms with Crippen LogP contribution >= 0.6 is 0 Å². The molecule has 1 fully saturated rings. The molecule has 9 heteroatoms. The highest BCUT2D eigenvalue weighted by molar-refractivity contribution is 5.79. The molecule has 3 rings (SSSR count). The van der Waals surface area contributed by atoms with E-state index in [0.29, 0.717) is 25.9 Å². The van der Waals surface area contributed by atoms with Gasteiger partial charge in [0.05, 0.1) is 13.2 Å². The Kier molecular flexibility index (Phi) is 6.24. The first-order valence-corrected chi connectivity index (χ1v) is 9.36. The molecule has 0 unspecified atom stereocenters. The Balaban J connectivity index is 1.55. The molecule has 1 aliphatic rings. The number of alkyl halides is 3. The fourth-order valence-electron chi connectivity index (χ4n) is 3.35. The van der Waals surface area contributed by atoms with Gasteiger partial charge in [-0.2, -0.15) is 13.2 Å². The first-order chi connectivity index (χ1) is 13.8. The molecule has 29 heavy (non-hydrogen) atoms. The van der Waals surface area contributed by atoms with Crippen LogP contribution in [0.25, 0.3) is 0 Å². The number of hydrogen-bond acceptors (Lipinski definition) is 5. The average Bonchev–Trinajstić information content (AvgIpc) is 2.73. The number of nitrogens with one attached hydrogen (secondary N) is 1. The van der Waals surface area contributed by atoms with Crippen LogP contribution < -0.4 is 15.0 Å². The number of aromatic nitrogens is 2. The van der Waals surface area contributed by atoms with Crippen LogP contribution in [0.2, 0.25) is 0 Å². The number of piperidine rings is 1. The lowest BCUT2D eigenvalue weighted by molar-refractivity contribution is -0.141. The molecule has 1 amide bonds. The summed E-state index contributed by atoms with van der Waals surface area (Å²) >= 11 is 0. The Bertz CT molecular complexity index is 834. The van der Waals surface area contributed by atoms with Gasteiger partial charge >= 0.3 is 6.18 Å². The molecule has 6 nitrogen and oxygen atoms in total. The van der Waals surface area contributed by atoms with Gasteiger partial charge in [0, 0.05) is 25.1 Å². The second-order valence-corrected chi connectivity index (χ2v) is 7.02. The molecule has 2 aromatic rings. The van der Waals surface area contributed by atoms with Crippen molar-refractivity contribution in [2.45, 2.75) is 32.0 Å². The SMILES string of the molecule is COc1ccc([C@H](C)NC(=O)C2CCN(c3cc(C(F)(F)F)ncn3)CC2)cc1. The van der Waals surface area contributed by atoms with Crippen molar-refractivity contribution in [2.75, 3.05) is 25.1 Å². The van der Waals surface area contributed by atoms with E-state index < -0.39 is 11.9 Å². The van der Waals surface area contributed by atoms with Crippen LogP contribution in [0.5, 0.6) is 5.75 Å². The van der Waals surface area contributed by atoms with Crippen LogP contribution in [0.15, 0.2) is 36.7 Å². The van der Waals surface area contributed by atoms with Crippen molar-refractivity contribution < 1.29 is 22.7 Å². The summed E-state index contributed by atoms with van der Waals surface area (Å²) < 4.78 is 43.6. The number of halogens is 3. The van der Waals surface area contributed by atoms with Gasteiger partial charge in [-0.1, -0.05) is 12.1 Å². The minimum atomic E-state index is -4.51. The van der Waals surface area contributed by atoms with Crippen molar-refractivity contribution in [3.8, 4) is 5.75 Å². The second kappa shape index (κ2) is 8.67. The Hall–Kier alpha value is -2.84. The lowest BCUT2D eigenvalue weighted by Gasteiger charge is -2.32. The zero-order chi connectivity index (χ0) is 21.0. The highest BCUT2D eigenvalue weighted by Gasteiger charge is 2.34. The standard InChI is InChI=1S/C20H23F3N4O2/c1-13(14-3-5-16(29-2)6-4-14)26-19(28)15-7-9-27(10-8-15)18-11-17(20(21,22)23)24-12-25-18/h3-6,11-13,15H,7-10H2,1-2H3,(H,26,28)/t13-/m0/s1. The van der Waals surface area contributed by atoms with Gasteiger partial charge in [0.15, 0.2) is 0 Å². The maximum Gasteiger partial charge on any atom is 0.433 e. The predicted molar refractivity (Wildman–Crippen MR) is 102 cm³/mol. The zero-order valence-electron chi connectivity index (χ0n) is 16.2. The summed E-state index contributed by atoms with van der Waals surface area (Å²) in [5, 5.41) is 3.01. The second-order valence-electron chi connectivity index (χ2n) is 7.02. The van der Waals surface area contributed by atoms with E-state index in [2.05, 4.69) is 15.3 Å². The molecular weight excluding hydrogens is 385 g/mol. The minimum absolute atomic E-state index is 0.0494. The summed E-state index contributed by atoms with van der Waals surface area (Å²) in [5.74, 6) is 0.748. The monoisotopic (exact) mass is 408 g/mol. The van der Waals surface area contributed by atoms with Gasteiger partial charge in [-0.05, 0) is 37.5 Å². The molecule has 1 aliphatic heterocycles. The van der Waals surface area contributed by atoms with E-state index in [-0.39, 0.29) is 23.7 Å². The molecule has 0 aliphatic carbocycles.